The van der Waals surface area contributed by atoms with Crippen LogP contribution in [0.2, 0.25) is 0 Å². The van der Waals surface area contributed by atoms with E-state index in [0.29, 0.717) is 11.1 Å². The van der Waals surface area contributed by atoms with Gasteiger partial charge in [-0.05, 0) is 35.2 Å². The number of rotatable bonds is 5. The normalized spacial score (nSPS) is 41.4. The van der Waals surface area contributed by atoms with Gasteiger partial charge >= 0.3 is 0 Å². The van der Waals surface area contributed by atoms with Crippen molar-refractivity contribution >= 4 is 17.5 Å². The maximum atomic E-state index is 14.3. The third kappa shape index (κ3) is 3.44. The maximum Gasteiger partial charge on any atom is 0.230 e. The molecule has 0 heterocycles. The molecule has 0 bridgehead atoms. The molecule has 2 saturated carbocycles. The Kier molecular flexibility index (Phi) is 7.15. The largest absolute Gasteiger partial charge is 0.507 e. The van der Waals surface area contributed by atoms with E-state index in [-0.39, 0.29) is 11.3 Å². The quantitative estimate of drug-likeness (QED) is 0.297. The minimum Gasteiger partial charge on any atom is -0.507 e. The van der Waals surface area contributed by atoms with Crippen molar-refractivity contribution in [2.45, 2.75) is 103 Å². The second kappa shape index (κ2) is 9.34. The van der Waals surface area contributed by atoms with Gasteiger partial charge in [0.15, 0.2) is 17.2 Å². The van der Waals surface area contributed by atoms with Crippen LogP contribution in [0.25, 0.3) is 0 Å². The average Bonchev–Trinajstić information content (AvgIpc) is 2.83. The zero-order chi connectivity index (χ0) is 30.5. The number of phenols is 1. The van der Waals surface area contributed by atoms with Crippen molar-refractivity contribution in [3.05, 3.63) is 28.8 Å². The Morgan fingerprint density at radius 3 is 2.20 bits per heavy atom. The SMILES string of the molecule is CCCC(C)(C)c1ccc2c(c1O)C(=O)[C@@H]1C(O)[C@@]3(O)C(=O)[C@H](C(N)=O)C(O)[C@H](C(C)C)[C@@]3(C)[C@H](O)[C@@]1(C)[C@@H]2C. The second-order valence-electron chi connectivity index (χ2n) is 13.9. The Morgan fingerprint density at radius 2 is 1.70 bits per heavy atom. The van der Waals surface area contributed by atoms with Gasteiger partial charge in [0.25, 0.3) is 0 Å². The summed E-state index contributed by atoms with van der Waals surface area (Å²) in [6.07, 6.45) is -3.66. The van der Waals surface area contributed by atoms with Crippen LogP contribution in [0.1, 0.15) is 95.6 Å². The Hall–Kier alpha value is -2.33. The monoisotopic (exact) mass is 559 g/mol. The van der Waals surface area contributed by atoms with E-state index < -0.39 is 87.2 Å². The van der Waals surface area contributed by atoms with Gasteiger partial charge in [-0.25, -0.2) is 0 Å². The molecule has 2 unspecified atom stereocenters. The Labute approximate surface area is 235 Å². The van der Waals surface area contributed by atoms with Crippen molar-refractivity contribution in [2.24, 2.45) is 40.2 Å². The zero-order valence-electron chi connectivity index (χ0n) is 24.7. The van der Waals surface area contributed by atoms with Crippen molar-refractivity contribution in [2.75, 3.05) is 0 Å². The van der Waals surface area contributed by atoms with Gasteiger partial charge in [0.2, 0.25) is 5.91 Å². The molecule has 0 aromatic heterocycles. The van der Waals surface area contributed by atoms with Gasteiger partial charge in [-0.3, -0.25) is 14.4 Å². The molecule has 4 rings (SSSR count). The number of fused-ring (bicyclic) bond motifs is 3. The average molecular weight is 560 g/mol. The Morgan fingerprint density at radius 1 is 1.12 bits per heavy atom. The van der Waals surface area contributed by atoms with Crippen LogP contribution in [0.4, 0.5) is 0 Å². The molecule has 0 spiro atoms. The number of aliphatic hydroxyl groups is 4. The summed E-state index contributed by atoms with van der Waals surface area (Å²) >= 11 is 0. The molecule has 1 aromatic rings. The fourth-order valence-corrected chi connectivity index (χ4v) is 9.07. The minimum absolute atomic E-state index is 0.00487. The van der Waals surface area contributed by atoms with E-state index in [0.717, 1.165) is 12.8 Å². The van der Waals surface area contributed by atoms with Crippen molar-refractivity contribution < 1.29 is 39.9 Å². The standard InChI is InChI=1S/C31H45NO8/c1-9-12-28(5,6)16-11-10-15-14(4)29(7)20(22(34)17(15)21(16)33)25(37)31(40)24(36)18(26(32)38)23(35)19(13(2)3)30(31,8)27(29)39/h10-11,13-14,18-20,23,25,27,33,35,37,39-40H,9,12H2,1-8H3,(H2,32,38)/t14-,18-,19+,20-,23?,25?,27-,29+,30+,31+/m1/s1. The first-order chi connectivity index (χ1) is 18.3. The number of primary amides is 1. The summed E-state index contributed by atoms with van der Waals surface area (Å²) < 4.78 is 0. The second-order valence-corrected chi connectivity index (χ2v) is 13.9. The van der Waals surface area contributed by atoms with E-state index >= 15 is 0 Å². The number of carbonyl (C=O) groups excluding carboxylic acids is 3. The van der Waals surface area contributed by atoms with Crippen LogP contribution < -0.4 is 5.73 Å². The first-order valence-corrected chi connectivity index (χ1v) is 14.3. The predicted molar refractivity (Wildman–Crippen MR) is 147 cm³/mol. The van der Waals surface area contributed by atoms with Crippen LogP contribution in [0.15, 0.2) is 12.1 Å². The van der Waals surface area contributed by atoms with Crippen molar-refractivity contribution in [1.29, 1.82) is 0 Å². The maximum absolute atomic E-state index is 14.3. The third-order valence-corrected chi connectivity index (χ3v) is 11.2. The topological polar surface area (TPSA) is 178 Å². The number of amides is 1. The molecule has 222 valence electrons. The Balaban J connectivity index is 2.02. The molecule has 9 heteroatoms. The van der Waals surface area contributed by atoms with Crippen LogP contribution in [0.3, 0.4) is 0 Å². The summed E-state index contributed by atoms with van der Waals surface area (Å²) in [5, 5.41) is 59.2. The van der Waals surface area contributed by atoms with E-state index in [1.54, 1.807) is 39.8 Å². The highest BCUT2D eigenvalue weighted by Crippen LogP contribution is 2.68. The zero-order valence-corrected chi connectivity index (χ0v) is 24.7. The molecule has 1 amide bonds. The number of aromatic hydroxyl groups is 1. The highest BCUT2D eigenvalue weighted by molar-refractivity contribution is 6.09. The molecule has 2 fully saturated rings. The molecule has 0 aliphatic heterocycles. The van der Waals surface area contributed by atoms with Crippen LogP contribution in [-0.4, -0.2) is 66.9 Å². The van der Waals surface area contributed by atoms with Crippen LogP contribution >= 0.6 is 0 Å². The summed E-state index contributed by atoms with van der Waals surface area (Å²) in [6.45, 7) is 14.3. The van der Waals surface area contributed by atoms with E-state index in [2.05, 4.69) is 0 Å². The van der Waals surface area contributed by atoms with E-state index in [1.807, 2.05) is 20.8 Å². The summed E-state index contributed by atoms with van der Waals surface area (Å²) in [5.74, 6) is -8.73. The molecule has 7 N–H and O–H groups in total. The number of benzene rings is 1. The molecule has 9 nitrogen and oxygen atoms in total. The van der Waals surface area contributed by atoms with Gasteiger partial charge in [0, 0.05) is 16.4 Å². The number of hydrogen-bond acceptors (Lipinski definition) is 8. The first kappa shape index (κ1) is 30.6. The minimum atomic E-state index is -2.79. The molecular weight excluding hydrogens is 514 g/mol. The fraction of sp³-hybridized carbons (Fsp3) is 0.710. The molecule has 3 aliphatic carbocycles. The highest BCUT2D eigenvalue weighted by atomic mass is 16.4. The summed E-state index contributed by atoms with van der Waals surface area (Å²) in [6, 6.07) is 3.57. The lowest BCUT2D eigenvalue weighted by Crippen LogP contribution is -2.83. The molecular formula is C31H45NO8. The smallest absolute Gasteiger partial charge is 0.230 e. The summed E-state index contributed by atoms with van der Waals surface area (Å²) in [4.78, 5) is 40.6. The number of aliphatic hydroxyl groups excluding tert-OH is 3. The predicted octanol–water partition coefficient (Wildman–Crippen LogP) is 2.18. The van der Waals surface area contributed by atoms with Crippen LogP contribution in [0.5, 0.6) is 5.75 Å². The van der Waals surface area contributed by atoms with E-state index in [4.69, 9.17) is 5.73 Å². The summed E-state index contributed by atoms with van der Waals surface area (Å²) in [7, 11) is 0. The highest BCUT2D eigenvalue weighted by Gasteiger charge is 2.80. The summed E-state index contributed by atoms with van der Waals surface area (Å²) in [5.41, 5.74) is 0.0618. The van der Waals surface area contributed by atoms with Crippen molar-refractivity contribution in [1.82, 2.24) is 0 Å². The van der Waals surface area contributed by atoms with E-state index in [1.165, 1.54) is 6.92 Å². The number of ketones is 2. The van der Waals surface area contributed by atoms with Crippen molar-refractivity contribution in [3.63, 3.8) is 0 Å². The van der Waals surface area contributed by atoms with E-state index in [9.17, 15) is 39.9 Å². The number of Topliss-reactive ketones (excluding diaryl/α,β-unsaturated/α-hetero) is 2. The van der Waals surface area contributed by atoms with Gasteiger partial charge < -0.3 is 31.3 Å². The molecule has 40 heavy (non-hydrogen) atoms. The van der Waals surface area contributed by atoms with Gasteiger partial charge in [-0.2, -0.15) is 0 Å². The number of phenolic OH excluding ortho intramolecular Hbond substituents is 1. The lowest BCUT2D eigenvalue weighted by molar-refractivity contribution is -0.306. The molecule has 0 saturated heterocycles. The van der Waals surface area contributed by atoms with Gasteiger partial charge in [0.05, 0.1) is 23.7 Å². The molecule has 3 aliphatic rings. The van der Waals surface area contributed by atoms with Crippen LogP contribution in [-0.2, 0) is 15.0 Å². The third-order valence-electron chi connectivity index (χ3n) is 11.2. The lowest BCUT2D eigenvalue weighted by Gasteiger charge is -2.69. The van der Waals surface area contributed by atoms with Crippen molar-refractivity contribution in [3.8, 4) is 5.75 Å². The number of hydrogen-bond donors (Lipinski definition) is 6. The van der Waals surface area contributed by atoms with Gasteiger partial charge in [0.1, 0.15) is 17.8 Å². The number of carbonyl (C=O) groups is 3. The van der Waals surface area contributed by atoms with Gasteiger partial charge in [-0.15, -0.1) is 0 Å². The molecule has 0 radical (unpaired) electrons. The Bertz CT molecular complexity index is 1260. The fourth-order valence-electron chi connectivity index (χ4n) is 9.07. The van der Waals surface area contributed by atoms with Gasteiger partial charge in [-0.1, -0.05) is 73.9 Å². The molecule has 10 atom stereocenters. The number of nitrogens with two attached hydrogens (primary N) is 1. The van der Waals surface area contributed by atoms with Crippen LogP contribution in [0, 0.1) is 34.5 Å². The lowest BCUT2D eigenvalue weighted by atomic mass is 9.36. The first-order valence-electron chi connectivity index (χ1n) is 14.3. The molecule has 1 aromatic carbocycles.